The van der Waals surface area contributed by atoms with Gasteiger partial charge >= 0.3 is 5.97 Å². The van der Waals surface area contributed by atoms with Gasteiger partial charge in [-0.25, -0.2) is 4.39 Å². The van der Waals surface area contributed by atoms with E-state index in [1.165, 1.54) is 0 Å². The zero-order chi connectivity index (χ0) is 17.8. The van der Waals surface area contributed by atoms with E-state index in [9.17, 15) is 29.2 Å². The third-order valence-corrected chi connectivity index (χ3v) is 4.69. The zero-order valence-electron chi connectivity index (χ0n) is 12.6. The Morgan fingerprint density at radius 2 is 1.96 bits per heavy atom. The van der Waals surface area contributed by atoms with Gasteiger partial charge in [0.1, 0.15) is 10.3 Å². The number of aliphatic carboxylic acids is 1. The second kappa shape index (κ2) is 7.49. The fraction of sp³-hybridized carbons (Fsp3) is 0.429. The third kappa shape index (κ3) is 4.04. The van der Waals surface area contributed by atoms with Crippen molar-refractivity contribution in [1.29, 1.82) is 0 Å². The summed E-state index contributed by atoms with van der Waals surface area (Å²) < 4.78 is 13.3. The molecule has 0 saturated heterocycles. The van der Waals surface area contributed by atoms with Crippen LogP contribution in [0.3, 0.4) is 0 Å². The number of amides is 1. The number of nitro groups is 1. The predicted octanol–water partition coefficient (Wildman–Crippen LogP) is 3.12. The van der Waals surface area contributed by atoms with Crippen LogP contribution in [0, 0.1) is 21.3 Å². The number of benzene rings is 1. The molecule has 0 saturated carbocycles. The molecule has 0 aliphatic heterocycles. The summed E-state index contributed by atoms with van der Waals surface area (Å²) in [5, 5.41) is 22.6. The Hall–Kier alpha value is -2.03. The first-order valence-corrected chi connectivity index (χ1v) is 7.62. The lowest BCUT2D eigenvalue weighted by Crippen LogP contribution is -2.42. The van der Waals surface area contributed by atoms with E-state index in [0.717, 1.165) is 6.07 Å². The molecule has 126 valence electrons. The van der Waals surface area contributed by atoms with E-state index in [1.54, 1.807) is 13.8 Å². The van der Waals surface area contributed by atoms with Crippen LogP contribution in [0.2, 0.25) is 0 Å². The summed E-state index contributed by atoms with van der Waals surface area (Å²) >= 11 is 2.91. The molecule has 1 aromatic carbocycles. The van der Waals surface area contributed by atoms with E-state index < -0.39 is 33.7 Å². The molecule has 0 radical (unpaired) electrons. The molecule has 7 nitrogen and oxygen atoms in total. The average molecular weight is 391 g/mol. The van der Waals surface area contributed by atoms with Crippen molar-refractivity contribution in [3.8, 4) is 0 Å². The molecule has 1 amide bonds. The lowest BCUT2D eigenvalue weighted by atomic mass is 9.82. The molecule has 0 fully saturated rings. The monoisotopic (exact) mass is 390 g/mol. The van der Waals surface area contributed by atoms with Crippen molar-refractivity contribution in [2.24, 2.45) is 5.41 Å². The Kier molecular flexibility index (Phi) is 6.20. The van der Waals surface area contributed by atoms with Gasteiger partial charge in [0.05, 0.1) is 22.0 Å². The largest absolute Gasteiger partial charge is 0.481 e. The number of carbonyl (C=O) groups is 2. The molecular weight excluding hydrogens is 375 g/mol. The minimum Gasteiger partial charge on any atom is -0.481 e. The van der Waals surface area contributed by atoms with Crippen LogP contribution in [-0.4, -0.2) is 28.5 Å². The van der Waals surface area contributed by atoms with Gasteiger partial charge in [-0.2, -0.15) is 0 Å². The van der Waals surface area contributed by atoms with Crippen LogP contribution in [0.25, 0.3) is 0 Å². The van der Waals surface area contributed by atoms with Gasteiger partial charge in [-0.3, -0.25) is 19.7 Å². The number of carboxylic acids is 1. The van der Waals surface area contributed by atoms with Crippen LogP contribution in [0.1, 0.15) is 37.0 Å². The number of rotatable bonds is 7. The first kappa shape index (κ1) is 19.0. The summed E-state index contributed by atoms with van der Waals surface area (Å²) in [7, 11) is 0. The maximum atomic E-state index is 13.5. The number of hydrogen-bond acceptors (Lipinski definition) is 4. The van der Waals surface area contributed by atoms with E-state index in [0.29, 0.717) is 18.9 Å². The zero-order valence-corrected chi connectivity index (χ0v) is 14.1. The number of carboxylic acid groups (broad SMARTS) is 1. The van der Waals surface area contributed by atoms with Crippen LogP contribution >= 0.6 is 15.9 Å². The summed E-state index contributed by atoms with van der Waals surface area (Å²) in [5.41, 5.74) is -1.98. The van der Waals surface area contributed by atoms with Crippen LogP contribution in [0.15, 0.2) is 16.6 Å². The highest BCUT2D eigenvalue weighted by Crippen LogP contribution is 2.30. The molecule has 1 aromatic rings. The molecule has 0 aliphatic carbocycles. The van der Waals surface area contributed by atoms with Crippen molar-refractivity contribution < 1.29 is 24.0 Å². The fourth-order valence-corrected chi connectivity index (χ4v) is 2.65. The van der Waals surface area contributed by atoms with Crippen molar-refractivity contribution in [2.45, 2.75) is 26.7 Å². The molecule has 9 heteroatoms. The van der Waals surface area contributed by atoms with E-state index in [-0.39, 0.29) is 16.6 Å². The average Bonchev–Trinajstić information content (AvgIpc) is 2.49. The number of nitro benzene ring substituents is 1. The number of carbonyl (C=O) groups excluding carboxylic acids is 1. The summed E-state index contributed by atoms with van der Waals surface area (Å²) in [6.45, 7) is 3.21. The molecule has 0 aromatic heterocycles. The van der Waals surface area contributed by atoms with E-state index in [2.05, 4.69) is 21.2 Å². The minimum absolute atomic E-state index is 0.157. The number of nitrogens with zero attached hydrogens (tertiary/aromatic N) is 1. The molecule has 0 spiro atoms. The molecule has 0 heterocycles. The van der Waals surface area contributed by atoms with Gasteiger partial charge in [0.15, 0.2) is 0 Å². The first-order chi connectivity index (χ1) is 10.7. The smallest absolute Gasteiger partial charge is 0.311 e. The standard InChI is InChI=1S/C14H16BrFN2O5/c1-3-14(4-2,13(20)21)7-17-12(19)9-5-8(16)6-10(11(9)15)18(22)23/h5-6H,3-4,7H2,1-2H3,(H,17,19)(H,20,21). The maximum Gasteiger partial charge on any atom is 0.311 e. The van der Waals surface area contributed by atoms with Gasteiger partial charge in [-0.05, 0) is 34.8 Å². The van der Waals surface area contributed by atoms with Crippen molar-refractivity contribution in [2.75, 3.05) is 6.54 Å². The van der Waals surface area contributed by atoms with Crippen LogP contribution < -0.4 is 5.32 Å². The van der Waals surface area contributed by atoms with Gasteiger partial charge in [0.25, 0.3) is 11.6 Å². The van der Waals surface area contributed by atoms with Crippen molar-refractivity contribution in [1.82, 2.24) is 5.32 Å². The van der Waals surface area contributed by atoms with Crippen molar-refractivity contribution in [3.05, 3.63) is 38.1 Å². The van der Waals surface area contributed by atoms with Crippen molar-refractivity contribution >= 4 is 33.5 Å². The summed E-state index contributed by atoms with van der Waals surface area (Å²) in [6.07, 6.45) is 0.590. The van der Waals surface area contributed by atoms with Crippen LogP contribution in [-0.2, 0) is 4.79 Å². The van der Waals surface area contributed by atoms with Gasteiger partial charge in [-0.15, -0.1) is 0 Å². The maximum absolute atomic E-state index is 13.5. The van der Waals surface area contributed by atoms with Gasteiger partial charge in [0, 0.05) is 6.54 Å². The molecule has 0 unspecified atom stereocenters. The van der Waals surface area contributed by atoms with Crippen molar-refractivity contribution in [3.63, 3.8) is 0 Å². The molecule has 0 atom stereocenters. The highest BCUT2D eigenvalue weighted by Gasteiger charge is 2.35. The topological polar surface area (TPSA) is 110 Å². The number of halogens is 2. The lowest BCUT2D eigenvalue weighted by Gasteiger charge is -2.26. The molecule has 2 N–H and O–H groups in total. The molecule has 23 heavy (non-hydrogen) atoms. The summed E-state index contributed by atoms with van der Waals surface area (Å²) in [4.78, 5) is 33.6. The van der Waals surface area contributed by atoms with Crippen LogP contribution in [0.5, 0.6) is 0 Å². The first-order valence-electron chi connectivity index (χ1n) is 6.83. The Morgan fingerprint density at radius 1 is 1.39 bits per heavy atom. The number of nitrogens with one attached hydrogen (secondary N) is 1. The van der Waals surface area contributed by atoms with Crippen LogP contribution in [0.4, 0.5) is 10.1 Å². The number of hydrogen-bond donors (Lipinski definition) is 2. The highest BCUT2D eigenvalue weighted by atomic mass is 79.9. The lowest BCUT2D eigenvalue weighted by molar-refractivity contribution is -0.385. The normalized spacial score (nSPS) is 11.1. The Bertz CT molecular complexity index is 646. The highest BCUT2D eigenvalue weighted by molar-refractivity contribution is 9.10. The molecule has 1 rings (SSSR count). The van der Waals surface area contributed by atoms with Gasteiger partial charge in [0.2, 0.25) is 0 Å². The Morgan fingerprint density at radius 3 is 2.39 bits per heavy atom. The third-order valence-electron chi connectivity index (χ3n) is 3.85. The van der Waals surface area contributed by atoms with E-state index >= 15 is 0 Å². The predicted molar refractivity (Wildman–Crippen MR) is 83.7 cm³/mol. The van der Waals surface area contributed by atoms with Gasteiger partial charge in [-0.1, -0.05) is 13.8 Å². The molecule has 0 aliphatic rings. The Balaban J connectivity index is 3.08. The molecular formula is C14H16BrFN2O5. The van der Waals surface area contributed by atoms with Gasteiger partial charge < -0.3 is 10.4 Å². The fourth-order valence-electron chi connectivity index (χ4n) is 2.10. The van der Waals surface area contributed by atoms with E-state index in [1.807, 2.05) is 0 Å². The summed E-state index contributed by atoms with van der Waals surface area (Å²) in [6, 6.07) is 1.55. The SMILES string of the molecule is CCC(CC)(CNC(=O)c1cc(F)cc([N+](=O)[O-])c1Br)C(=O)O. The minimum atomic E-state index is -1.14. The Labute approximate surface area is 140 Å². The molecule has 0 bridgehead atoms. The van der Waals surface area contributed by atoms with E-state index in [4.69, 9.17) is 0 Å². The quantitative estimate of drug-likeness (QED) is 0.548. The summed E-state index contributed by atoms with van der Waals surface area (Å²) in [5.74, 6) is -2.76. The second-order valence-electron chi connectivity index (χ2n) is 5.02. The second-order valence-corrected chi connectivity index (χ2v) is 5.81.